The van der Waals surface area contributed by atoms with Gasteiger partial charge in [-0.25, -0.2) is 0 Å². The van der Waals surface area contributed by atoms with E-state index < -0.39 is 0 Å². The van der Waals surface area contributed by atoms with Crippen molar-refractivity contribution in [3.8, 4) is 0 Å². The van der Waals surface area contributed by atoms with Gasteiger partial charge in [-0.3, -0.25) is 4.79 Å². The average Bonchev–Trinajstić information content (AvgIpc) is 2.38. The minimum Gasteiger partial charge on any atom is -0.390 e. The van der Waals surface area contributed by atoms with E-state index in [0.717, 1.165) is 31.1 Å². The number of carbonyl (C=O) groups excluding carboxylic acids is 1. The number of hydrogen-bond donors (Lipinski definition) is 2. The Balaban J connectivity index is 0.000000422. The zero-order valence-corrected chi connectivity index (χ0v) is 16.8. The highest BCUT2D eigenvalue weighted by molar-refractivity contribution is 5.81. The number of carbonyl (C=O) groups is 1. The smallest absolute Gasteiger partial charge is 0.224 e. The molecule has 0 aromatic heterocycles. The van der Waals surface area contributed by atoms with Crippen molar-refractivity contribution in [3.63, 3.8) is 0 Å². The molecule has 3 N–H and O–H groups in total. The van der Waals surface area contributed by atoms with Gasteiger partial charge in [-0.1, -0.05) is 48.5 Å². The minimum atomic E-state index is -0.356. The fourth-order valence-corrected chi connectivity index (χ4v) is 4.16. The van der Waals surface area contributed by atoms with Crippen molar-refractivity contribution in [2.45, 2.75) is 93.1 Å². The lowest BCUT2D eigenvalue weighted by Crippen LogP contribution is -2.45. The molecule has 0 aromatic carbocycles. The van der Waals surface area contributed by atoms with Crippen LogP contribution < -0.4 is 5.73 Å². The molecule has 1 fully saturated rings. The van der Waals surface area contributed by atoms with Crippen LogP contribution in [-0.4, -0.2) is 16.6 Å². The molecule has 23 heavy (non-hydrogen) atoms. The maximum atomic E-state index is 11.4. The second-order valence-corrected chi connectivity index (χ2v) is 8.65. The van der Waals surface area contributed by atoms with Gasteiger partial charge in [-0.15, -0.1) is 0 Å². The van der Waals surface area contributed by atoms with Crippen molar-refractivity contribution in [1.82, 2.24) is 0 Å². The first-order valence-electron chi connectivity index (χ1n) is 9.43. The molecule has 0 saturated heterocycles. The van der Waals surface area contributed by atoms with Crippen LogP contribution in [0, 0.1) is 29.1 Å². The Morgan fingerprint density at radius 3 is 1.70 bits per heavy atom. The fraction of sp³-hybridized carbons (Fsp3) is 0.950. The van der Waals surface area contributed by atoms with E-state index in [1.54, 1.807) is 0 Å². The van der Waals surface area contributed by atoms with Gasteiger partial charge < -0.3 is 10.8 Å². The predicted octanol–water partition coefficient (Wildman–Crippen LogP) is 4.76. The van der Waals surface area contributed by atoms with Gasteiger partial charge in [-0.05, 0) is 62.7 Å². The maximum absolute atomic E-state index is 11.4. The van der Waals surface area contributed by atoms with Crippen LogP contribution in [-0.2, 0) is 4.79 Å². The third kappa shape index (κ3) is 6.10. The Morgan fingerprint density at radius 2 is 1.52 bits per heavy atom. The summed E-state index contributed by atoms with van der Waals surface area (Å²) in [6.07, 6.45) is 5.25. The number of amides is 1. The summed E-state index contributed by atoms with van der Waals surface area (Å²) in [4.78, 5) is 11.4. The third-order valence-electron chi connectivity index (χ3n) is 6.15. The van der Waals surface area contributed by atoms with Crippen molar-refractivity contribution in [3.05, 3.63) is 0 Å². The summed E-state index contributed by atoms with van der Waals surface area (Å²) < 4.78 is 0. The Kier molecular flexibility index (Phi) is 8.83. The van der Waals surface area contributed by atoms with Gasteiger partial charge in [0, 0.05) is 0 Å². The van der Waals surface area contributed by atoms with Gasteiger partial charge in [0.1, 0.15) is 0 Å². The molecule has 0 bridgehead atoms. The number of aliphatic hydroxyl groups is 1. The molecule has 138 valence electrons. The second kappa shape index (κ2) is 9.05. The summed E-state index contributed by atoms with van der Waals surface area (Å²) in [5.41, 5.74) is 4.77. The second-order valence-electron chi connectivity index (χ2n) is 8.65. The summed E-state index contributed by atoms with van der Waals surface area (Å²) in [5.74, 6) is 2.14. The topological polar surface area (TPSA) is 63.3 Å². The van der Waals surface area contributed by atoms with E-state index in [-0.39, 0.29) is 16.9 Å². The Hall–Kier alpha value is -0.570. The average molecular weight is 328 g/mol. The minimum absolute atomic E-state index is 0.157. The Bertz CT molecular complexity index is 341. The molecule has 0 heterocycles. The van der Waals surface area contributed by atoms with E-state index in [0.29, 0.717) is 11.8 Å². The van der Waals surface area contributed by atoms with E-state index >= 15 is 0 Å². The lowest BCUT2D eigenvalue weighted by Gasteiger charge is -2.37. The normalized spacial score (nSPS) is 25.5. The zero-order valence-electron chi connectivity index (χ0n) is 16.8. The molecule has 1 aliphatic carbocycles. The van der Waals surface area contributed by atoms with E-state index in [9.17, 15) is 9.90 Å². The van der Waals surface area contributed by atoms with Gasteiger partial charge in [0.05, 0.1) is 11.0 Å². The first kappa shape index (κ1) is 22.4. The SMILES string of the molecule is CC(C)C1CCC(C)(O)CC1.CCC(C(N)=O)(C(C)C)C(C)C. The van der Waals surface area contributed by atoms with Gasteiger partial charge in [0.25, 0.3) is 0 Å². The van der Waals surface area contributed by atoms with Crippen LogP contribution in [0.2, 0.25) is 0 Å². The fourth-order valence-electron chi connectivity index (χ4n) is 4.16. The van der Waals surface area contributed by atoms with E-state index in [2.05, 4.69) is 41.5 Å². The standard InChI is InChI=1S/C10H21NO.C10H20O/c1-6-10(7(2)3,8(4)5)9(11)12;1-8(2)9-4-6-10(3,11)7-5-9/h7-8H,6H2,1-5H3,(H2,11,12);8-9,11H,4-7H2,1-3H3. The van der Waals surface area contributed by atoms with Crippen LogP contribution in [0.4, 0.5) is 0 Å². The van der Waals surface area contributed by atoms with Gasteiger partial charge in [0.15, 0.2) is 0 Å². The van der Waals surface area contributed by atoms with Crippen LogP contribution in [0.3, 0.4) is 0 Å². The van der Waals surface area contributed by atoms with E-state index in [1.807, 2.05) is 13.8 Å². The van der Waals surface area contributed by atoms with Crippen LogP contribution in [0.25, 0.3) is 0 Å². The number of rotatable bonds is 5. The van der Waals surface area contributed by atoms with Crippen LogP contribution in [0.15, 0.2) is 0 Å². The van der Waals surface area contributed by atoms with Crippen LogP contribution >= 0.6 is 0 Å². The molecule has 1 amide bonds. The molecule has 0 radical (unpaired) electrons. The molecular formula is C20H41NO2. The molecule has 0 atom stereocenters. The van der Waals surface area contributed by atoms with Crippen LogP contribution in [0.5, 0.6) is 0 Å². The summed E-state index contributed by atoms with van der Waals surface area (Å²) in [6.45, 7) is 16.8. The molecule has 0 unspecified atom stereocenters. The van der Waals surface area contributed by atoms with Crippen molar-refractivity contribution in [2.24, 2.45) is 34.8 Å². The molecule has 3 nitrogen and oxygen atoms in total. The van der Waals surface area contributed by atoms with Gasteiger partial charge in [0.2, 0.25) is 5.91 Å². The first-order chi connectivity index (χ1) is 10.4. The van der Waals surface area contributed by atoms with Crippen molar-refractivity contribution >= 4 is 5.91 Å². The zero-order chi connectivity index (χ0) is 18.4. The lowest BCUT2D eigenvalue weighted by molar-refractivity contribution is -0.133. The maximum Gasteiger partial charge on any atom is 0.224 e. The highest BCUT2D eigenvalue weighted by atomic mass is 16.3. The highest BCUT2D eigenvalue weighted by Gasteiger charge is 2.40. The summed E-state index contributed by atoms with van der Waals surface area (Å²) in [6, 6.07) is 0. The number of primary amides is 1. The summed E-state index contributed by atoms with van der Waals surface area (Å²) in [7, 11) is 0. The van der Waals surface area contributed by atoms with Gasteiger partial charge >= 0.3 is 0 Å². The highest BCUT2D eigenvalue weighted by Crippen LogP contribution is 2.38. The molecule has 0 spiro atoms. The predicted molar refractivity (Wildman–Crippen MR) is 99.0 cm³/mol. The van der Waals surface area contributed by atoms with Crippen molar-refractivity contribution in [2.75, 3.05) is 0 Å². The van der Waals surface area contributed by atoms with Gasteiger partial charge in [-0.2, -0.15) is 0 Å². The summed E-state index contributed by atoms with van der Waals surface area (Å²) >= 11 is 0. The van der Waals surface area contributed by atoms with Crippen molar-refractivity contribution in [1.29, 1.82) is 0 Å². The molecule has 0 aromatic rings. The number of nitrogens with two attached hydrogens (primary N) is 1. The first-order valence-corrected chi connectivity index (χ1v) is 9.43. The lowest BCUT2D eigenvalue weighted by atomic mass is 9.66. The van der Waals surface area contributed by atoms with E-state index in [4.69, 9.17) is 5.73 Å². The quantitative estimate of drug-likeness (QED) is 0.764. The number of hydrogen-bond acceptors (Lipinski definition) is 2. The van der Waals surface area contributed by atoms with Crippen LogP contribution in [0.1, 0.15) is 87.5 Å². The summed E-state index contributed by atoms with van der Waals surface area (Å²) in [5, 5.41) is 9.67. The Labute approximate surface area is 144 Å². The largest absolute Gasteiger partial charge is 0.390 e. The molecule has 1 saturated carbocycles. The van der Waals surface area contributed by atoms with Crippen molar-refractivity contribution < 1.29 is 9.90 Å². The monoisotopic (exact) mass is 327 g/mol. The van der Waals surface area contributed by atoms with E-state index in [1.165, 1.54) is 12.8 Å². The molecular weight excluding hydrogens is 286 g/mol. The molecule has 1 aliphatic rings. The third-order valence-corrected chi connectivity index (χ3v) is 6.15. The molecule has 3 heteroatoms. The Morgan fingerprint density at radius 1 is 1.13 bits per heavy atom. The molecule has 0 aliphatic heterocycles. The molecule has 1 rings (SSSR count).